The average Bonchev–Trinajstić information content (AvgIpc) is 3.16. The van der Waals surface area contributed by atoms with Gasteiger partial charge >= 0.3 is 0 Å². The first kappa shape index (κ1) is 22.0. The molecule has 1 saturated heterocycles. The fourth-order valence-corrected chi connectivity index (χ4v) is 3.72. The van der Waals surface area contributed by atoms with Gasteiger partial charge in [-0.05, 0) is 48.4 Å². The summed E-state index contributed by atoms with van der Waals surface area (Å²) >= 11 is 7.26. The minimum absolute atomic E-state index is 0.0119. The van der Waals surface area contributed by atoms with E-state index in [9.17, 15) is 14.4 Å². The second-order valence-corrected chi connectivity index (χ2v) is 8.20. The topological polar surface area (TPSA) is 87.7 Å². The number of hydrogen-bond donors (Lipinski definition) is 2. The van der Waals surface area contributed by atoms with Crippen LogP contribution in [0.1, 0.15) is 27.9 Å². The van der Waals surface area contributed by atoms with Crippen molar-refractivity contribution < 1.29 is 19.1 Å². The number of benzene rings is 2. The number of amides is 3. The Hall–Kier alpha value is -2.71. The van der Waals surface area contributed by atoms with Gasteiger partial charge in [0.2, 0.25) is 5.91 Å². The molecule has 1 heterocycles. The predicted molar refractivity (Wildman–Crippen MR) is 117 cm³/mol. The van der Waals surface area contributed by atoms with Crippen LogP contribution in [0.4, 0.5) is 4.79 Å². The Morgan fingerprint density at radius 2 is 1.93 bits per heavy atom. The molecule has 1 aliphatic rings. The zero-order chi connectivity index (χ0) is 21.5. The molecule has 158 valence electrons. The van der Waals surface area contributed by atoms with Crippen LogP contribution in [0.5, 0.6) is 5.75 Å². The van der Waals surface area contributed by atoms with Crippen molar-refractivity contribution in [2.45, 2.75) is 20.0 Å². The van der Waals surface area contributed by atoms with E-state index in [1.165, 1.54) is 11.8 Å². The number of thioether (sulfide) groups is 1. The van der Waals surface area contributed by atoms with Crippen LogP contribution >= 0.6 is 23.4 Å². The number of carbonyl (C=O) groups is 3. The summed E-state index contributed by atoms with van der Waals surface area (Å²) in [5, 5.41) is 0.676. The number of nitrogens with zero attached hydrogens (tertiary/aromatic N) is 1. The maximum Gasteiger partial charge on any atom is 0.281 e. The van der Waals surface area contributed by atoms with Gasteiger partial charge < -0.3 is 9.64 Å². The van der Waals surface area contributed by atoms with Crippen LogP contribution in [-0.4, -0.2) is 40.8 Å². The molecule has 1 fully saturated rings. The number of rotatable bonds is 7. The summed E-state index contributed by atoms with van der Waals surface area (Å²) in [4.78, 5) is 37.2. The Balaban J connectivity index is 1.42. The van der Waals surface area contributed by atoms with Gasteiger partial charge in [-0.25, -0.2) is 0 Å². The van der Waals surface area contributed by atoms with Crippen molar-refractivity contribution in [3.8, 4) is 5.75 Å². The molecular weight excluding hydrogens is 426 g/mol. The van der Waals surface area contributed by atoms with E-state index in [0.717, 1.165) is 22.6 Å². The first-order valence-corrected chi connectivity index (χ1v) is 10.8. The van der Waals surface area contributed by atoms with E-state index in [0.29, 0.717) is 30.3 Å². The lowest BCUT2D eigenvalue weighted by Crippen LogP contribution is -2.42. The molecule has 0 aliphatic carbocycles. The van der Waals surface area contributed by atoms with Gasteiger partial charge in [-0.15, -0.1) is 0 Å². The van der Waals surface area contributed by atoms with Gasteiger partial charge in [0, 0.05) is 35.8 Å². The number of halogens is 1. The Morgan fingerprint density at radius 1 is 1.17 bits per heavy atom. The van der Waals surface area contributed by atoms with Gasteiger partial charge in [-0.2, -0.15) is 0 Å². The monoisotopic (exact) mass is 447 g/mol. The summed E-state index contributed by atoms with van der Waals surface area (Å²) in [5.74, 6) is 0.696. The predicted octanol–water partition coefficient (Wildman–Crippen LogP) is 3.55. The van der Waals surface area contributed by atoms with E-state index in [1.807, 2.05) is 13.0 Å². The quantitative estimate of drug-likeness (QED) is 0.634. The molecule has 2 aromatic carbocycles. The molecule has 7 nitrogen and oxygen atoms in total. The molecule has 3 rings (SSSR count). The van der Waals surface area contributed by atoms with Crippen molar-refractivity contribution in [2.24, 2.45) is 0 Å². The van der Waals surface area contributed by atoms with Gasteiger partial charge in [-0.3, -0.25) is 25.2 Å². The van der Waals surface area contributed by atoms with Crippen molar-refractivity contribution in [1.82, 2.24) is 15.8 Å². The molecule has 2 N–H and O–H groups in total. The van der Waals surface area contributed by atoms with E-state index in [1.54, 1.807) is 41.3 Å². The van der Waals surface area contributed by atoms with Crippen LogP contribution in [0.25, 0.3) is 0 Å². The zero-order valence-electron chi connectivity index (χ0n) is 16.4. The molecule has 2 aromatic rings. The zero-order valence-corrected chi connectivity index (χ0v) is 18.0. The maximum absolute atomic E-state index is 12.2. The fourth-order valence-electron chi connectivity index (χ4n) is 2.75. The normalized spacial score (nSPS) is 13.3. The van der Waals surface area contributed by atoms with E-state index >= 15 is 0 Å². The second-order valence-electron chi connectivity index (χ2n) is 6.75. The lowest BCUT2D eigenvalue weighted by atomic mass is 10.1. The lowest BCUT2D eigenvalue weighted by molar-refractivity contribution is -0.122. The molecule has 30 heavy (non-hydrogen) atoms. The number of carbonyl (C=O) groups excluding carboxylic acids is 3. The van der Waals surface area contributed by atoms with Gasteiger partial charge in [0.1, 0.15) is 12.4 Å². The van der Waals surface area contributed by atoms with Gasteiger partial charge in [-0.1, -0.05) is 35.5 Å². The molecule has 0 atom stereocenters. The molecule has 1 aliphatic heterocycles. The Kier molecular flexibility index (Phi) is 7.59. The highest BCUT2D eigenvalue weighted by Crippen LogP contribution is 2.22. The molecule has 0 unspecified atom stereocenters. The SMILES string of the molecule is Cc1cc(OCc2ccc(C(=O)NNC(=O)CCN3CCSC3=O)cc2)ccc1Cl. The Morgan fingerprint density at radius 3 is 2.60 bits per heavy atom. The van der Waals surface area contributed by atoms with Crippen molar-refractivity contribution >= 4 is 40.4 Å². The summed E-state index contributed by atoms with van der Waals surface area (Å²) in [5.41, 5.74) is 7.00. The van der Waals surface area contributed by atoms with Crippen LogP contribution < -0.4 is 15.6 Å². The van der Waals surface area contributed by atoms with Crippen LogP contribution in [0.2, 0.25) is 5.02 Å². The molecule has 0 bridgehead atoms. The van der Waals surface area contributed by atoms with Crippen LogP contribution in [0, 0.1) is 6.92 Å². The maximum atomic E-state index is 12.2. The summed E-state index contributed by atoms with van der Waals surface area (Å²) in [6.07, 6.45) is 0.132. The highest BCUT2D eigenvalue weighted by molar-refractivity contribution is 8.13. The largest absolute Gasteiger partial charge is 0.489 e. The number of hydrogen-bond acceptors (Lipinski definition) is 5. The minimum Gasteiger partial charge on any atom is -0.489 e. The third-order valence-corrected chi connectivity index (χ3v) is 5.84. The van der Waals surface area contributed by atoms with Gasteiger partial charge in [0.25, 0.3) is 11.1 Å². The minimum atomic E-state index is -0.419. The molecule has 0 spiro atoms. The summed E-state index contributed by atoms with van der Waals surface area (Å²) < 4.78 is 5.74. The lowest BCUT2D eigenvalue weighted by Gasteiger charge is -2.14. The van der Waals surface area contributed by atoms with Gasteiger partial charge in [0.15, 0.2) is 0 Å². The second kappa shape index (κ2) is 10.4. The number of aryl methyl sites for hydroxylation is 1. The van der Waals surface area contributed by atoms with E-state index < -0.39 is 5.91 Å². The Bertz CT molecular complexity index is 936. The molecule has 0 radical (unpaired) electrons. The third-order valence-electron chi connectivity index (χ3n) is 4.52. The highest BCUT2D eigenvalue weighted by Gasteiger charge is 2.21. The highest BCUT2D eigenvalue weighted by atomic mass is 35.5. The van der Waals surface area contributed by atoms with E-state index in [2.05, 4.69) is 10.9 Å². The summed E-state index contributed by atoms with van der Waals surface area (Å²) in [6, 6.07) is 12.4. The van der Waals surface area contributed by atoms with Crippen molar-refractivity contribution in [1.29, 1.82) is 0 Å². The third kappa shape index (κ3) is 6.14. The number of ether oxygens (including phenoxy) is 1. The first-order chi connectivity index (χ1) is 14.4. The number of nitrogens with one attached hydrogen (secondary N) is 2. The van der Waals surface area contributed by atoms with Crippen LogP contribution in [-0.2, 0) is 11.4 Å². The molecule has 9 heteroatoms. The smallest absolute Gasteiger partial charge is 0.281 e. The molecule has 3 amide bonds. The van der Waals surface area contributed by atoms with Crippen molar-refractivity contribution in [3.63, 3.8) is 0 Å². The van der Waals surface area contributed by atoms with E-state index in [-0.39, 0.29) is 17.6 Å². The first-order valence-electron chi connectivity index (χ1n) is 9.41. The summed E-state index contributed by atoms with van der Waals surface area (Å²) in [6.45, 7) is 3.26. The molecule has 0 aromatic heterocycles. The van der Waals surface area contributed by atoms with E-state index in [4.69, 9.17) is 16.3 Å². The number of hydrazine groups is 1. The van der Waals surface area contributed by atoms with Gasteiger partial charge in [0.05, 0.1) is 0 Å². The van der Waals surface area contributed by atoms with Crippen LogP contribution in [0.15, 0.2) is 42.5 Å². The average molecular weight is 448 g/mol. The van der Waals surface area contributed by atoms with Crippen LogP contribution in [0.3, 0.4) is 0 Å². The molecular formula is C21H22ClN3O4S. The van der Waals surface area contributed by atoms with Crippen molar-refractivity contribution in [3.05, 3.63) is 64.2 Å². The molecule has 0 saturated carbocycles. The summed E-state index contributed by atoms with van der Waals surface area (Å²) in [7, 11) is 0. The fraction of sp³-hybridized carbons (Fsp3) is 0.286. The standard InChI is InChI=1S/C21H22ClN3O4S/c1-14-12-17(6-7-18(14)22)29-13-15-2-4-16(5-3-15)20(27)24-23-19(26)8-9-25-10-11-30-21(25)28/h2-7,12H,8-11,13H2,1H3,(H,23,26)(H,24,27). The Labute approximate surface area is 184 Å². The van der Waals surface area contributed by atoms with Crippen molar-refractivity contribution in [2.75, 3.05) is 18.8 Å².